The number of halogens is 1. The molecule has 1 aliphatic heterocycles. The number of rotatable bonds is 3. The van der Waals surface area contributed by atoms with Crippen LogP contribution in [-0.4, -0.2) is 65.0 Å². The molecule has 0 radical (unpaired) electrons. The van der Waals surface area contributed by atoms with Crippen LogP contribution in [0.25, 0.3) is 0 Å². The van der Waals surface area contributed by atoms with Crippen LogP contribution in [-0.2, 0) is 4.79 Å². The molecule has 7 nitrogen and oxygen atoms in total. The lowest BCUT2D eigenvalue weighted by Gasteiger charge is -2.29. The van der Waals surface area contributed by atoms with Crippen molar-refractivity contribution in [2.24, 2.45) is 5.92 Å². The molecule has 8 heteroatoms. The minimum atomic E-state index is -0.761. The highest BCUT2D eigenvalue weighted by Crippen LogP contribution is 2.24. The van der Waals surface area contributed by atoms with E-state index >= 15 is 0 Å². The molecule has 1 aliphatic carbocycles. The van der Waals surface area contributed by atoms with Crippen LogP contribution in [0.15, 0.2) is 24.3 Å². The van der Waals surface area contributed by atoms with Crippen LogP contribution in [0.2, 0.25) is 0 Å². The molecule has 3 amide bonds. The number of urea groups is 1. The van der Waals surface area contributed by atoms with E-state index in [0.717, 1.165) is 0 Å². The van der Waals surface area contributed by atoms with E-state index in [4.69, 9.17) is 5.11 Å². The van der Waals surface area contributed by atoms with E-state index in [1.807, 2.05) is 0 Å². The van der Waals surface area contributed by atoms with Crippen LogP contribution >= 0.6 is 0 Å². The van der Waals surface area contributed by atoms with Crippen LogP contribution in [0.4, 0.5) is 9.18 Å². The largest absolute Gasteiger partial charge is 0.481 e. The first-order chi connectivity index (χ1) is 13.4. The van der Waals surface area contributed by atoms with Gasteiger partial charge in [0.1, 0.15) is 5.82 Å². The molecule has 2 N–H and O–H groups in total. The lowest BCUT2D eigenvalue weighted by atomic mass is 9.86. The predicted octanol–water partition coefficient (Wildman–Crippen LogP) is 2.33. The van der Waals surface area contributed by atoms with Gasteiger partial charge in [0, 0.05) is 37.8 Å². The Morgan fingerprint density at radius 2 is 1.54 bits per heavy atom. The second kappa shape index (κ2) is 9.03. The summed E-state index contributed by atoms with van der Waals surface area (Å²) in [5.74, 6) is -1.61. The Labute approximate surface area is 163 Å². The van der Waals surface area contributed by atoms with Crippen molar-refractivity contribution in [1.82, 2.24) is 15.1 Å². The van der Waals surface area contributed by atoms with E-state index in [9.17, 15) is 18.8 Å². The SMILES string of the molecule is O=C(O)C1CCC(NC(=O)N2CCCN(C(=O)c3ccc(F)cc3)CC2)CC1. The Hall–Kier alpha value is -2.64. The fourth-order valence-corrected chi connectivity index (χ4v) is 3.85. The number of carboxylic acids is 1. The van der Waals surface area contributed by atoms with Crippen molar-refractivity contribution in [3.05, 3.63) is 35.6 Å². The number of carbonyl (C=O) groups excluding carboxylic acids is 2. The number of hydrogen-bond acceptors (Lipinski definition) is 3. The molecular formula is C20H26FN3O4. The van der Waals surface area contributed by atoms with Crippen molar-refractivity contribution in [1.29, 1.82) is 0 Å². The Balaban J connectivity index is 1.49. The smallest absolute Gasteiger partial charge is 0.317 e. The zero-order valence-electron chi connectivity index (χ0n) is 15.8. The number of aliphatic carboxylic acids is 1. The van der Waals surface area contributed by atoms with Gasteiger partial charge in [-0.05, 0) is 56.4 Å². The summed E-state index contributed by atoms with van der Waals surface area (Å²) in [4.78, 5) is 39.6. The van der Waals surface area contributed by atoms with Gasteiger partial charge in [0.15, 0.2) is 0 Å². The fourth-order valence-electron chi connectivity index (χ4n) is 3.85. The number of benzene rings is 1. The lowest BCUT2D eigenvalue weighted by Crippen LogP contribution is -2.47. The van der Waals surface area contributed by atoms with Gasteiger partial charge in [0.05, 0.1) is 5.92 Å². The van der Waals surface area contributed by atoms with Crippen molar-refractivity contribution in [2.75, 3.05) is 26.2 Å². The fraction of sp³-hybridized carbons (Fsp3) is 0.550. The Bertz CT molecular complexity index is 717. The van der Waals surface area contributed by atoms with Crippen molar-refractivity contribution >= 4 is 17.9 Å². The van der Waals surface area contributed by atoms with E-state index in [0.29, 0.717) is 63.8 Å². The van der Waals surface area contributed by atoms with Crippen molar-refractivity contribution in [2.45, 2.75) is 38.1 Å². The highest BCUT2D eigenvalue weighted by atomic mass is 19.1. The number of amides is 3. The zero-order valence-corrected chi connectivity index (χ0v) is 15.8. The van der Waals surface area contributed by atoms with E-state index < -0.39 is 5.97 Å². The lowest BCUT2D eigenvalue weighted by molar-refractivity contribution is -0.142. The Kier molecular flexibility index (Phi) is 6.49. The van der Waals surface area contributed by atoms with E-state index in [1.54, 1.807) is 9.80 Å². The van der Waals surface area contributed by atoms with E-state index in [2.05, 4.69) is 5.32 Å². The highest BCUT2D eigenvalue weighted by molar-refractivity contribution is 5.94. The summed E-state index contributed by atoms with van der Waals surface area (Å²) in [6, 6.07) is 5.33. The van der Waals surface area contributed by atoms with Gasteiger partial charge >= 0.3 is 12.0 Å². The molecule has 2 fully saturated rings. The molecule has 0 spiro atoms. The van der Waals surface area contributed by atoms with Gasteiger partial charge in [0.2, 0.25) is 0 Å². The van der Waals surface area contributed by atoms with Crippen molar-refractivity contribution in [3.63, 3.8) is 0 Å². The van der Waals surface area contributed by atoms with Gasteiger partial charge in [0.25, 0.3) is 5.91 Å². The quantitative estimate of drug-likeness (QED) is 0.828. The molecule has 1 saturated heterocycles. The van der Waals surface area contributed by atoms with Crippen molar-refractivity contribution < 1.29 is 23.9 Å². The van der Waals surface area contributed by atoms with Gasteiger partial charge in [-0.2, -0.15) is 0 Å². The standard InChI is InChI=1S/C20H26FN3O4/c21-16-6-2-14(3-7-16)18(25)23-10-1-11-24(13-12-23)20(28)22-17-8-4-15(5-9-17)19(26)27/h2-3,6-7,15,17H,1,4-5,8-13H2,(H,22,28)(H,26,27). The third-order valence-corrected chi connectivity index (χ3v) is 5.57. The molecule has 1 saturated carbocycles. The second-order valence-corrected chi connectivity index (χ2v) is 7.48. The van der Waals surface area contributed by atoms with Gasteiger partial charge in [-0.3, -0.25) is 9.59 Å². The normalized spacial score (nSPS) is 23.0. The first-order valence-corrected chi connectivity index (χ1v) is 9.77. The average molecular weight is 391 g/mol. The number of carboxylic acid groups (broad SMARTS) is 1. The van der Waals surface area contributed by atoms with Gasteiger partial charge in [-0.15, -0.1) is 0 Å². The third-order valence-electron chi connectivity index (χ3n) is 5.57. The number of nitrogens with one attached hydrogen (secondary N) is 1. The summed E-state index contributed by atoms with van der Waals surface area (Å²) in [5.41, 5.74) is 0.439. The summed E-state index contributed by atoms with van der Waals surface area (Å²) in [5, 5.41) is 12.1. The summed E-state index contributed by atoms with van der Waals surface area (Å²) in [6.07, 6.45) is 3.18. The highest BCUT2D eigenvalue weighted by Gasteiger charge is 2.28. The van der Waals surface area contributed by atoms with Gasteiger partial charge < -0.3 is 20.2 Å². The molecule has 0 unspecified atom stereocenters. The summed E-state index contributed by atoms with van der Waals surface area (Å²) >= 11 is 0. The topological polar surface area (TPSA) is 89.9 Å². The van der Waals surface area contributed by atoms with Crippen molar-refractivity contribution in [3.8, 4) is 0 Å². The molecule has 3 rings (SSSR count). The molecule has 0 bridgehead atoms. The third kappa shape index (κ3) is 4.99. The molecular weight excluding hydrogens is 365 g/mol. The molecule has 0 atom stereocenters. The summed E-state index contributed by atoms with van der Waals surface area (Å²) in [6.45, 7) is 1.96. The Morgan fingerprint density at radius 3 is 2.18 bits per heavy atom. The first kappa shape index (κ1) is 20.1. The van der Waals surface area contributed by atoms with E-state index in [-0.39, 0.29) is 29.7 Å². The molecule has 28 heavy (non-hydrogen) atoms. The van der Waals surface area contributed by atoms with Crippen LogP contribution in [0, 0.1) is 11.7 Å². The van der Waals surface area contributed by atoms with Gasteiger partial charge in [-0.1, -0.05) is 0 Å². The zero-order chi connectivity index (χ0) is 20.1. The molecule has 1 heterocycles. The van der Waals surface area contributed by atoms with Crippen LogP contribution in [0.3, 0.4) is 0 Å². The number of nitrogens with zero attached hydrogens (tertiary/aromatic N) is 2. The monoisotopic (exact) mass is 391 g/mol. The van der Waals surface area contributed by atoms with Crippen LogP contribution in [0.1, 0.15) is 42.5 Å². The predicted molar refractivity (Wildman–Crippen MR) is 100 cm³/mol. The Morgan fingerprint density at radius 1 is 0.929 bits per heavy atom. The van der Waals surface area contributed by atoms with Gasteiger partial charge in [-0.25, -0.2) is 9.18 Å². The minimum absolute atomic E-state index is 0.00306. The summed E-state index contributed by atoms with van der Waals surface area (Å²) < 4.78 is 13.0. The molecule has 1 aromatic rings. The number of carbonyl (C=O) groups is 3. The van der Waals surface area contributed by atoms with Crippen LogP contribution in [0.5, 0.6) is 0 Å². The van der Waals surface area contributed by atoms with Crippen LogP contribution < -0.4 is 5.32 Å². The molecule has 1 aromatic carbocycles. The second-order valence-electron chi connectivity index (χ2n) is 7.48. The average Bonchev–Trinajstić information content (AvgIpc) is 2.95. The van der Waals surface area contributed by atoms with E-state index in [1.165, 1.54) is 24.3 Å². The maximum atomic E-state index is 13.0. The molecule has 152 valence electrons. The number of hydrogen-bond donors (Lipinski definition) is 2. The molecule has 2 aliphatic rings. The maximum Gasteiger partial charge on any atom is 0.317 e. The molecule has 0 aromatic heterocycles. The maximum absolute atomic E-state index is 13.0. The summed E-state index contributed by atoms with van der Waals surface area (Å²) in [7, 11) is 0. The first-order valence-electron chi connectivity index (χ1n) is 9.77. The minimum Gasteiger partial charge on any atom is -0.481 e.